The monoisotopic (exact) mass is 877 g/mol. The number of rotatable bonds is 2. The molecular weight excluding hydrogens is 799 g/mol. The van der Waals surface area contributed by atoms with Gasteiger partial charge in [-0.3, -0.25) is 0 Å². The SMILES string of the molecule is CC(C)(C)c1cc(C(C)(C)C)c(P=c2c3c(c2=Pc2c(C(C)(C)C)cc(C(C)(C)C)cc2C(C)(C)C)-c2ccc(s2)CCCCCCCCc2ccc-3s2)c(C(C)(C)C)c1. The van der Waals surface area contributed by atoms with Gasteiger partial charge < -0.3 is 0 Å². The summed E-state index contributed by atoms with van der Waals surface area (Å²) in [5.74, 6) is 0. The fraction of sp³-hybridized carbons (Fsp3) is 0.571. The van der Waals surface area contributed by atoms with Gasteiger partial charge in [0.25, 0.3) is 0 Å². The number of benzene rings is 2. The van der Waals surface area contributed by atoms with E-state index < -0.39 is 0 Å². The van der Waals surface area contributed by atoms with Gasteiger partial charge in [-0.05, 0) is 116 Å². The summed E-state index contributed by atoms with van der Waals surface area (Å²) in [4.78, 5) is 9.08. The first-order valence-corrected chi connectivity index (χ1v) is 26.5. The predicted octanol–water partition coefficient (Wildman–Crippen LogP) is 17.9. The summed E-state index contributed by atoms with van der Waals surface area (Å²) >= 11 is 4.14. The summed E-state index contributed by atoms with van der Waals surface area (Å²) in [7, 11) is 2.67. The lowest BCUT2D eigenvalue weighted by Gasteiger charge is -2.33. The van der Waals surface area contributed by atoms with Crippen LogP contribution in [0.25, 0.3) is 20.9 Å². The van der Waals surface area contributed by atoms with E-state index in [2.05, 4.69) is 196 Å². The van der Waals surface area contributed by atoms with Gasteiger partial charge in [0.1, 0.15) is 0 Å². The zero-order valence-corrected chi connectivity index (χ0v) is 44.4. The molecule has 0 unspecified atom stereocenters. The minimum Gasteiger partial charge on any atom is -0.140 e. The molecule has 5 aromatic rings. The molecule has 6 rings (SSSR count). The highest BCUT2D eigenvalue weighted by molar-refractivity contribution is 7.42. The molecule has 1 aliphatic heterocycles. The van der Waals surface area contributed by atoms with E-state index >= 15 is 0 Å². The van der Waals surface area contributed by atoms with Crippen molar-refractivity contribution in [3.8, 4) is 20.9 Å². The molecule has 1 aliphatic rings. The highest BCUT2D eigenvalue weighted by Gasteiger charge is 2.32. The van der Waals surface area contributed by atoms with Crippen LogP contribution in [0, 0.1) is 9.88 Å². The molecule has 3 aromatic carbocycles. The van der Waals surface area contributed by atoms with E-state index in [9.17, 15) is 0 Å². The van der Waals surface area contributed by atoms with Crippen molar-refractivity contribution in [2.24, 2.45) is 0 Å². The Morgan fingerprint density at radius 2 is 0.650 bits per heavy atom. The molecule has 0 amide bonds. The maximum atomic E-state index is 2.58. The van der Waals surface area contributed by atoms with Crippen molar-refractivity contribution in [2.75, 3.05) is 0 Å². The zero-order chi connectivity index (χ0) is 44.4. The Labute approximate surface area is 378 Å². The number of aryl methyl sites for hydroxylation is 2. The third kappa shape index (κ3) is 10.5. The van der Waals surface area contributed by atoms with Crippen LogP contribution in [0.2, 0.25) is 0 Å². The molecule has 0 fully saturated rings. The number of hydrogen-bond donors (Lipinski definition) is 0. The summed E-state index contributed by atoms with van der Waals surface area (Å²) in [5.41, 5.74) is 12.0. The van der Waals surface area contributed by atoms with Gasteiger partial charge in [0.05, 0.1) is 0 Å². The van der Waals surface area contributed by atoms with Crippen molar-refractivity contribution in [1.82, 2.24) is 0 Å². The molecule has 0 N–H and O–H groups in total. The van der Waals surface area contributed by atoms with E-state index in [1.165, 1.54) is 143 Å². The Bertz CT molecular complexity index is 2180. The molecule has 0 spiro atoms. The topological polar surface area (TPSA) is 0 Å². The van der Waals surface area contributed by atoms with E-state index in [0.717, 1.165) is 0 Å². The van der Waals surface area contributed by atoms with Crippen molar-refractivity contribution in [1.29, 1.82) is 0 Å². The van der Waals surface area contributed by atoms with Crippen molar-refractivity contribution >= 4 is 49.7 Å². The van der Waals surface area contributed by atoms with Crippen molar-refractivity contribution in [2.45, 2.75) is 208 Å². The van der Waals surface area contributed by atoms with Gasteiger partial charge in [-0.1, -0.05) is 191 Å². The third-order valence-electron chi connectivity index (χ3n) is 12.5. The molecular formula is C56H78P2S2. The van der Waals surface area contributed by atoms with E-state index in [1.54, 1.807) is 9.75 Å². The molecule has 4 heteroatoms. The van der Waals surface area contributed by atoms with Gasteiger partial charge in [-0.15, -0.1) is 22.7 Å². The molecule has 0 saturated heterocycles. The lowest BCUT2D eigenvalue weighted by atomic mass is 9.75. The fourth-order valence-corrected chi connectivity index (χ4v) is 14.9. The maximum Gasteiger partial charge on any atom is 0.0362 e. The Kier molecular flexibility index (Phi) is 13.5. The van der Waals surface area contributed by atoms with Gasteiger partial charge in [-0.25, -0.2) is 0 Å². The quantitative estimate of drug-likeness (QED) is 0.155. The van der Waals surface area contributed by atoms with Gasteiger partial charge in [-0.2, -0.15) is 0 Å². The minimum absolute atomic E-state index is 0.0101. The van der Waals surface area contributed by atoms with Gasteiger partial charge in [0.2, 0.25) is 0 Å². The Balaban J connectivity index is 1.86. The maximum absolute atomic E-state index is 2.58. The van der Waals surface area contributed by atoms with Crippen LogP contribution in [0.4, 0.5) is 0 Å². The minimum atomic E-state index is -0.0101. The van der Waals surface area contributed by atoms with Crippen LogP contribution in [0.3, 0.4) is 0 Å². The van der Waals surface area contributed by atoms with E-state index in [4.69, 9.17) is 0 Å². The van der Waals surface area contributed by atoms with E-state index in [-0.39, 0.29) is 32.5 Å². The lowest BCUT2D eigenvalue weighted by molar-refractivity contribution is 0.553. The van der Waals surface area contributed by atoms with Crippen molar-refractivity contribution in [3.05, 3.63) is 102 Å². The second-order valence-electron chi connectivity index (χ2n) is 24.2. The van der Waals surface area contributed by atoms with Crippen molar-refractivity contribution < 1.29 is 0 Å². The van der Waals surface area contributed by atoms with E-state index in [0.29, 0.717) is 0 Å². The predicted molar refractivity (Wildman–Crippen MR) is 275 cm³/mol. The molecule has 60 heavy (non-hydrogen) atoms. The first-order valence-electron chi connectivity index (χ1n) is 23.0. The molecule has 0 saturated carbocycles. The summed E-state index contributed by atoms with van der Waals surface area (Å²) in [6.07, 6.45) is 10.4. The Hall–Kier alpha value is -2.08. The second kappa shape index (κ2) is 17.1. The Morgan fingerprint density at radius 3 is 0.917 bits per heavy atom. The Morgan fingerprint density at radius 1 is 0.367 bits per heavy atom. The smallest absolute Gasteiger partial charge is 0.0362 e. The average molecular weight is 877 g/mol. The zero-order valence-electron chi connectivity index (χ0n) is 41.0. The number of hydrogen-bond acceptors (Lipinski definition) is 2. The summed E-state index contributed by atoms with van der Waals surface area (Å²) < 4.78 is 0. The van der Waals surface area contributed by atoms with Crippen LogP contribution in [0.1, 0.15) is 206 Å². The van der Waals surface area contributed by atoms with Gasteiger partial charge in [0, 0.05) is 51.1 Å². The van der Waals surface area contributed by atoms with Crippen LogP contribution in [-0.4, -0.2) is 0 Å². The fourth-order valence-electron chi connectivity index (χ4n) is 8.59. The highest BCUT2D eigenvalue weighted by atomic mass is 32.1. The van der Waals surface area contributed by atoms with E-state index in [1.807, 2.05) is 0 Å². The molecule has 0 aliphatic carbocycles. The number of fused-ring (bicyclic) bond motifs is 7. The first kappa shape index (κ1) is 47.4. The molecule has 324 valence electrons. The largest absolute Gasteiger partial charge is 0.140 e. The van der Waals surface area contributed by atoms with Crippen LogP contribution in [0.15, 0.2) is 48.5 Å². The van der Waals surface area contributed by atoms with Gasteiger partial charge >= 0.3 is 0 Å². The second-order valence-corrected chi connectivity index (χ2v) is 28.7. The van der Waals surface area contributed by atoms with Crippen LogP contribution >= 0.6 is 39.1 Å². The molecule has 2 aromatic heterocycles. The highest BCUT2D eigenvalue weighted by Crippen LogP contribution is 2.50. The molecule has 0 atom stereocenters. The number of thiophene rings is 2. The average Bonchev–Trinajstić information content (AvgIpc) is 3.75. The van der Waals surface area contributed by atoms with Crippen LogP contribution in [-0.2, 0) is 45.3 Å². The molecule has 0 nitrogen and oxygen atoms in total. The van der Waals surface area contributed by atoms with Crippen LogP contribution in [0.5, 0.6) is 0 Å². The van der Waals surface area contributed by atoms with Gasteiger partial charge in [0.15, 0.2) is 0 Å². The lowest BCUT2D eigenvalue weighted by Crippen LogP contribution is -2.30. The normalized spacial score (nSPS) is 16.2. The first-order chi connectivity index (χ1) is 27.5. The summed E-state index contributed by atoms with van der Waals surface area (Å²) in [5, 5.41) is 3.03. The summed E-state index contributed by atoms with van der Waals surface area (Å²) in [6, 6.07) is 20.2. The molecule has 4 bridgehead atoms. The standard InChI is InChI=1S/C56H78P2S2/c1-51(2,3)35-31-39(53(7,8)9)47(40(32-35)54(10,11)12)57-49-45-43-29-27-37(59-43)25-23-21-19-20-22-24-26-38-28-30-44(60-38)46(45)50(49)58-48-41(55(13,14)15)33-36(52(4,5)6)34-42(48)56(16,17)18/h27-34H,19-26H2,1-18H3. The molecule has 0 radical (unpaired) electrons. The van der Waals surface area contributed by atoms with Crippen molar-refractivity contribution in [3.63, 3.8) is 0 Å². The van der Waals surface area contributed by atoms with Crippen LogP contribution < -0.4 is 10.6 Å². The molecule has 3 heterocycles. The third-order valence-corrected chi connectivity index (χ3v) is 17.7. The summed E-state index contributed by atoms with van der Waals surface area (Å²) in [6.45, 7) is 43.5.